The SMILES string of the molecule is CC[C@H](C)[C@H](NC(=O)C(CC)(CC)NC(=O)OCC1c2ccccc2-c2ccccc21)C(=O)O. The maximum Gasteiger partial charge on any atom is 0.408 e. The Kier molecular flexibility index (Phi) is 7.97. The molecule has 7 heteroatoms. The highest BCUT2D eigenvalue weighted by molar-refractivity contribution is 5.92. The lowest BCUT2D eigenvalue weighted by Crippen LogP contribution is -2.61. The lowest BCUT2D eigenvalue weighted by Gasteiger charge is -2.33. The number of carboxylic acid groups (broad SMARTS) is 1. The number of hydrogen-bond donors (Lipinski definition) is 3. The highest BCUT2D eigenvalue weighted by Crippen LogP contribution is 2.44. The summed E-state index contributed by atoms with van der Waals surface area (Å²) in [5.74, 6) is -1.95. The van der Waals surface area contributed by atoms with Crippen molar-refractivity contribution in [2.24, 2.45) is 5.92 Å². The third-order valence-corrected chi connectivity index (χ3v) is 7.09. The third-order valence-electron chi connectivity index (χ3n) is 7.09. The number of amides is 2. The summed E-state index contributed by atoms with van der Waals surface area (Å²) >= 11 is 0. The van der Waals surface area contributed by atoms with E-state index in [-0.39, 0.29) is 18.4 Å². The van der Waals surface area contributed by atoms with Crippen LogP contribution in [0.5, 0.6) is 0 Å². The number of aliphatic carboxylic acids is 1. The van der Waals surface area contributed by atoms with Gasteiger partial charge in [0.15, 0.2) is 0 Å². The fourth-order valence-corrected chi connectivity index (χ4v) is 4.60. The Morgan fingerprint density at radius 3 is 1.97 bits per heavy atom. The normalized spacial score (nSPS) is 14.5. The van der Waals surface area contributed by atoms with Crippen LogP contribution in [0.3, 0.4) is 0 Å². The minimum Gasteiger partial charge on any atom is -0.480 e. The van der Waals surface area contributed by atoms with Gasteiger partial charge >= 0.3 is 12.1 Å². The van der Waals surface area contributed by atoms with E-state index in [1.807, 2.05) is 43.3 Å². The minimum atomic E-state index is -1.26. The van der Waals surface area contributed by atoms with E-state index in [1.54, 1.807) is 20.8 Å². The molecule has 34 heavy (non-hydrogen) atoms. The molecular formula is C27H34N2O5. The standard InChI is InChI=1S/C27H34N2O5/c1-5-17(4)23(24(30)31)28-25(32)27(6-2,7-3)29-26(33)34-16-22-20-14-10-8-12-18(20)19-13-9-11-15-21(19)22/h8-15,17,22-23H,5-7,16H2,1-4H3,(H,28,32)(H,29,33)(H,30,31)/t17-,23-/m0/s1. The number of rotatable bonds is 10. The van der Waals surface area contributed by atoms with Crippen molar-refractivity contribution in [2.75, 3.05) is 6.61 Å². The van der Waals surface area contributed by atoms with Crippen LogP contribution < -0.4 is 10.6 Å². The molecule has 2 atom stereocenters. The molecule has 1 aliphatic carbocycles. The van der Waals surface area contributed by atoms with Crippen molar-refractivity contribution in [3.8, 4) is 11.1 Å². The molecule has 2 amide bonds. The van der Waals surface area contributed by atoms with Gasteiger partial charge in [-0.3, -0.25) is 4.79 Å². The monoisotopic (exact) mass is 466 g/mol. The summed E-state index contributed by atoms with van der Waals surface area (Å²) in [5, 5.41) is 14.9. The van der Waals surface area contributed by atoms with Crippen molar-refractivity contribution in [2.45, 2.75) is 64.5 Å². The van der Waals surface area contributed by atoms with Gasteiger partial charge in [-0.15, -0.1) is 0 Å². The average molecular weight is 467 g/mol. The summed E-state index contributed by atoms with van der Waals surface area (Å²) in [6, 6.07) is 15.1. The molecule has 0 saturated heterocycles. The van der Waals surface area contributed by atoms with Gasteiger partial charge in [-0.1, -0.05) is 82.6 Å². The molecule has 0 aliphatic heterocycles. The average Bonchev–Trinajstić information content (AvgIpc) is 3.17. The zero-order valence-corrected chi connectivity index (χ0v) is 20.3. The Bertz CT molecular complexity index is 1000. The molecule has 0 heterocycles. The summed E-state index contributed by atoms with van der Waals surface area (Å²) in [5.41, 5.74) is 3.21. The van der Waals surface area contributed by atoms with Crippen molar-refractivity contribution in [1.29, 1.82) is 0 Å². The maximum absolute atomic E-state index is 13.1. The van der Waals surface area contributed by atoms with Crippen molar-refractivity contribution in [3.63, 3.8) is 0 Å². The number of fused-ring (bicyclic) bond motifs is 3. The van der Waals surface area contributed by atoms with Gasteiger partial charge in [0.25, 0.3) is 0 Å². The summed E-state index contributed by atoms with van der Waals surface area (Å²) < 4.78 is 5.62. The Morgan fingerprint density at radius 2 is 1.50 bits per heavy atom. The first-order valence-electron chi connectivity index (χ1n) is 11.9. The van der Waals surface area contributed by atoms with E-state index in [2.05, 4.69) is 22.8 Å². The van der Waals surface area contributed by atoms with E-state index in [0.717, 1.165) is 22.3 Å². The topological polar surface area (TPSA) is 105 Å². The Labute approximate surface area is 200 Å². The number of carboxylic acids is 1. The van der Waals surface area contributed by atoms with Gasteiger partial charge in [-0.2, -0.15) is 0 Å². The molecule has 2 aromatic rings. The number of nitrogens with one attached hydrogen (secondary N) is 2. The third kappa shape index (κ3) is 4.93. The smallest absolute Gasteiger partial charge is 0.408 e. The van der Waals surface area contributed by atoms with Gasteiger partial charge < -0.3 is 20.5 Å². The van der Waals surface area contributed by atoms with Gasteiger partial charge in [0.1, 0.15) is 18.2 Å². The summed E-state index contributed by atoms with van der Waals surface area (Å²) in [7, 11) is 0. The van der Waals surface area contributed by atoms with Crippen LogP contribution in [0.1, 0.15) is 64.0 Å². The van der Waals surface area contributed by atoms with Crippen LogP contribution >= 0.6 is 0 Å². The van der Waals surface area contributed by atoms with E-state index in [9.17, 15) is 19.5 Å². The summed E-state index contributed by atoms with van der Waals surface area (Å²) in [4.78, 5) is 37.7. The second-order valence-corrected chi connectivity index (χ2v) is 8.91. The van der Waals surface area contributed by atoms with Crippen molar-refractivity contribution < 1.29 is 24.2 Å². The highest BCUT2D eigenvalue weighted by Gasteiger charge is 2.40. The molecule has 2 aromatic carbocycles. The van der Waals surface area contributed by atoms with Crippen LogP contribution in [0.25, 0.3) is 11.1 Å². The predicted octanol–water partition coefficient (Wildman–Crippen LogP) is 4.70. The summed E-state index contributed by atoms with van der Waals surface area (Å²) in [6.45, 7) is 7.35. The van der Waals surface area contributed by atoms with Crippen molar-refractivity contribution in [1.82, 2.24) is 10.6 Å². The summed E-state index contributed by atoms with van der Waals surface area (Å²) in [6.07, 6.45) is 0.497. The first-order valence-corrected chi connectivity index (χ1v) is 11.9. The number of alkyl carbamates (subject to hydrolysis) is 1. The highest BCUT2D eigenvalue weighted by atomic mass is 16.5. The number of carbonyl (C=O) groups excluding carboxylic acids is 2. The molecule has 0 saturated carbocycles. The molecular weight excluding hydrogens is 432 g/mol. The number of hydrogen-bond acceptors (Lipinski definition) is 4. The van der Waals surface area contributed by atoms with Crippen LogP contribution in [-0.4, -0.2) is 41.3 Å². The fraction of sp³-hybridized carbons (Fsp3) is 0.444. The minimum absolute atomic E-state index is 0.0913. The van der Waals surface area contributed by atoms with Crippen molar-refractivity contribution >= 4 is 18.0 Å². The van der Waals surface area contributed by atoms with Gasteiger partial charge in [-0.05, 0) is 41.0 Å². The fourth-order valence-electron chi connectivity index (χ4n) is 4.60. The number of ether oxygens (including phenoxy) is 1. The molecule has 3 N–H and O–H groups in total. The maximum atomic E-state index is 13.1. The molecule has 0 unspecified atom stereocenters. The van der Waals surface area contributed by atoms with Crippen molar-refractivity contribution in [3.05, 3.63) is 59.7 Å². The lowest BCUT2D eigenvalue weighted by molar-refractivity contribution is -0.144. The quantitative estimate of drug-likeness (QED) is 0.471. The van der Waals surface area contributed by atoms with Crippen LogP contribution in [-0.2, 0) is 14.3 Å². The second-order valence-electron chi connectivity index (χ2n) is 8.91. The Hall–Kier alpha value is -3.35. The molecule has 182 valence electrons. The zero-order chi connectivity index (χ0) is 24.9. The lowest BCUT2D eigenvalue weighted by atomic mass is 9.90. The largest absolute Gasteiger partial charge is 0.480 e. The predicted molar refractivity (Wildman–Crippen MR) is 131 cm³/mol. The van der Waals surface area contributed by atoms with Gasteiger partial charge in [0, 0.05) is 5.92 Å². The zero-order valence-electron chi connectivity index (χ0n) is 20.3. The van der Waals surface area contributed by atoms with Crippen LogP contribution in [0.4, 0.5) is 4.79 Å². The second kappa shape index (κ2) is 10.7. The van der Waals surface area contributed by atoms with Crippen LogP contribution in [0.2, 0.25) is 0 Å². The van der Waals surface area contributed by atoms with Gasteiger partial charge in [-0.25, -0.2) is 9.59 Å². The number of carbonyl (C=O) groups is 3. The van der Waals surface area contributed by atoms with Gasteiger partial charge in [0.05, 0.1) is 0 Å². The first kappa shape index (κ1) is 25.3. The Morgan fingerprint density at radius 1 is 0.971 bits per heavy atom. The van der Waals surface area contributed by atoms with E-state index in [4.69, 9.17) is 4.74 Å². The number of benzene rings is 2. The Balaban J connectivity index is 1.72. The molecule has 0 fully saturated rings. The molecule has 3 rings (SSSR count). The van der Waals surface area contributed by atoms with E-state index in [1.165, 1.54) is 0 Å². The molecule has 0 spiro atoms. The molecule has 0 aromatic heterocycles. The van der Waals surface area contributed by atoms with Crippen LogP contribution in [0, 0.1) is 5.92 Å². The van der Waals surface area contributed by atoms with Gasteiger partial charge in [0.2, 0.25) is 5.91 Å². The van der Waals surface area contributed by atoms with Crippen LogP contribution in [0.15, 0.2) is 48.5 Å². The van der Waals surface area contributed by atoms with E-state index in [0.29, 0.717) is 19.3 Å². The molecule has 1 aliphatic rings. The van der Waals surface area contributed by atoms with E-state index < -0.39 is 29.6 Å². The first-order chi connectivity index (χ1) is 16.3. The molecule has 0 bridgehead atoms. The molecule has 0 radical (unpaired) electrons. The molecule has 7 nitrogen and oxygen atoms in total. The van der Waals surface area contributed by atoms with E-state index >= 15 is 0 Å².